The van der Waals surface area contributed by atoms with Gasteiger partial charge in [-0.1, -0.05) is 6.07 Å². The lowest BCUT2D eigenvalue weighted by Crippen LogP contribution is -2.18. The van der Waals surface area contributed by atoms with Gasteiger partial charge in [-0.05, 0) is 66.6 Å². The molecule has 0 spiro atoms. The molecule has 0 saturated heterocycles. The maximum atomic E-state index is 13.9. The maximum absolute atomic E-state index is 13.9. The van der Waals surface area contributed by atoms with Crippen molar-refractivity contribution in [2.75, 3.05) is 0 Å². The van der Waals surface area contributed by atoms with Gasteiger partial charge in [0, 0.05) is 40.5 Å². The summed E-state index contributed by atoms with van der Waals surface area (Å²) in [5.74, 6) is -0.320. The molecule has 0 N–H and O–H groups in total. The van der Waals surface area contributed by atoms with E-state index in [0.717, 1.165) is 27.4 Å². The molecule has 0 atom stereocenters. The molecule has 3 heterocycles. The number of nitrogens with zero attached hydrogens (tertiary/aromatic N) is 4. The fraction of sp³-hybridized carbons (Fsp3) is 0.0400. The normalized spacial score (nSPS) is 11.0. The van der Waals surface area contributed by atoms with Crippen LogP contribution >= 0.6 is 0 Å². The summed E-state index contributed by atoms with van der Waals surface area (Å²) in [6, 6.07) is 19.2. The first-order chi connectivity index (χ1) is 15.0. The second-order valence-corrected chi connectivity index (χ2v) is 7.28. The third kappa shape index (κ3) is 3.13. The van der Waals surface area contributed by atoms with Crippen molar-refractivity contribution in [1.29, 1.82) is 5.26 Å². The van der Waals surface area contributed by atoms with Gasteiger partial charge in [0.05, 0.1) is 11.0 Å². The number of aryl methyl sites for hydroxylation is 1. The highest BCUT2D eigenvalue weighted by atomic mass is 19.1. The van der Waals surface area contributed by atoms with Crippen LogP contribution in [0.5, 0.6) is 0 Å². The maximum Gasteiger partial charge on any atom is 0.255 e. The first-order valence-corrected chi connectivity index (χ1v) is 9.63. The number of hydrogen-bond donors (Lipinski definition) is 0. The third-order valence-electron chi connectivity index (χ3n) is 5.33. The summed E-state index contributed by atoms with van der Waals surface area (Å²) in [4.78, 5) is 21.6. The number of halogens is 1. The van der Waals surface area contributed by atoms with Gasteiger partial charge in [-0.3, -0.25) is 14.3 Å². The molecular formula is C25H15FN4O. The van der Waals surface area contributed by atoms with E-state index in [2.05, 4.69) is 9.97 Å². The average molecular weight is 406 g/mol. The van der Waals surface area contributed by atoms with Crippen molar-refractivity contribution < 1.29 is 4.39 Å². The molecule has 0 aliphatic heterocycles. The molecule has 5 rings (SSSR count). The summed E-state index contributed by atoms with van der Waals surface area (Å²) in [6.07, 6.45) is 3.38. The fourth-order valence-electron chi connectivity index (χ4n) is 3.75. The van der Waals surface area contributed by atoms with Crippen molar-refractivity contribution in [2.24, 2.45) is 0 Å². The molecule has 0 aliphatic carbocycles. The second kappa shape index (κ2) is 7.15. The van der Waals surface area contributed by atoms with E-state index in [9.17, 15) is 9.18 Å². The Morgan fingerprint density at radius 3 is 2.52 bits per heavy atom. The Morgan fingerprint density at radius 2 is 1.77 bits per heavy atom. The van der Waals surface area contributed by atoms with Crippen molar-refractivity contribution in [3.8, 4) is 22.9 Å². The lowest BCUT2D eigenvalue weighted by molar-refractivity contribution is 0.618. The van der Waals surface area contributed by atoms with Crippen LogP contribution < -0.4 is 5.56 Å². The van der Waals surface area contributed by atoms with Gasteiger partial charge in [-0.2, -0.15) is 5.26 Å². The van der Waals surface area contributed by atoms with Crippen molar-refractivity contribution >= 4 is 21.8 Å². The predicted molar refractivity (Wildman–Crippen MR) is 117 cm³/mol. The molecule has 0 amide bonds. The van der Waals surface area contributed by atoms with Crippen molar-refractivity contribution in [3.05, 3.63) is 100 Å². The third-order valence-corrected chi connectivity index (χ3v) is 5.33. The van der Waals surface area contributed by atoms with Crippen LogP contribution in [0.25, 0.3) is 38.6 Å². The molecule has 0 aliphatic rings. The minimum absolute atomic E-state index is 0.212. The molecule has 5 aromatic rings. The number of nitriles is 1. The smallest absolute Gasteiger partial charge is 0.255 e. The van der Waals surface area contributed by atoms with Crippen LogP contribution in [-0.2, 0) is 0 Å². The first-order valence-electron chi connectivity index (χ1n) is 9.63. The quantitative estimate of drug-likeness (QED) is 0.390. The first kappa shape index (κ1) is 18.6. The molecule has 5 nitrogen and oxygen atoms in total. The Labute approximate surface area is 176 Å². The van der Waals surface area contributed by atoms with Gasteiger partial charge in [-0.25, -0.2) is 9.37 Å². The fourth-order valence-corrected chi connectivity index (χ4v) is 3.75. The Hall–Kier alpha value is -4.37. The molecule has 0 radical (unpaired) electrons. The SMILES string of the molecule is Cc1cc(-n2c(=O)ccc3cnc4ccc(-c5ccc(C#N)nc5)cc4c32)ccc1F. The van der Waals surface area contributed by atoms with Gasteiger partial charge < -0.3 is 0 Å². The van der Waals surface area contributed by atoms with E-state index in [1.807, 2.05) is 30.3 Å². The van der Waals surface area contributed by atoms with Crippen molar-refractivity contribution in [1.82, 2.24) is 14.5 Å². The van der Waals surface area contributed by atoms with Crippen molar-refractivity contribution in [2.45, 2.75) is 6.92 Å². The van der Waals surface area contributed by atoms with Crippen molar-refractivity contribution in [3.63, 3.8) is 0 Å². The van der Waals surface area contributed by atoms with E-state index in [4.69, 9.17) is 5.26 Å². The highest BCUT2D eigenvalue weighted by molar-refractivity contribution is 6.05. The van der Waals surface area contributed by atoms with Crippen LogP contribution in [0.4, 0.5) is 4.39 Å². The van der Waals surface area contributed by atoms with Crippen LogP contribution in [0, 0.1) is 24.1 Å². The monoisotopic (exact) mass is 406 g/mol. The average Bonchev–Trinajstić information content (AvgIpc) is 2.80. The number of rotatable bonds is 2. The van der Waals surface area contributed by atoms with E-state index in [1.54, 1.807) is 48.1 Å². The molecule has 0 saturated carbocycles. The minimum Gasteiger partial charge on any atom is -0.276 e. The van der Waals surface area contributed by atoms with E-state index < -0.39 is 0 Å². The van der Waals surface area contributed by atoms with Crippen LogP contribution in [-0.4, -0.2) is 14.5 Å². The molecule has 0 fully saturated rings. The Morgan fingerprint density at radius 1 is 0.935 bits per heavy atom. The Bertz CT molecular complexity index is 1580. The molecule has 31 heavy (non-hydrogen) atoms. The highest BCUT2D eigenvalue weighted by Gasteiger charge is 2.12. The summed E-state index contributed by atoms with van der Waals surface area (Å²) in [6.45, 7) is 1.67. The highest BCUT2D eigenvalue weighted by Crippen LogP contribution is 2.29. The molecule has 148 valence electrons. The number of aromatic nitrogens is 3. The number of pyridine rings is 3. The second-order valence-electron chi connectivity index (χ2n) is 7.28. The summed E-state index contributed by atoms with van der Waals surface area (Å²) in [7, 11) is 0. The van der Waals surface area contributed by atoms with E-state index in [0.29, 0.717) is 22.5 Å². The molecule has 6 heteroatoms. The Balaban J connectivity index is 1.84. The summed E-state index contributed by atoms with van der Waals surface area (Å²) in [5.41, 5.74) is 4.35. The topological polar surface area (TPSA) is 71.6 Å². The van der Waals surface area contributed by atoms with Crippen LogP contribution in [0.2, 0.25) is 0 Å². The number of fused-ring (bicyclic) bond motifs is 3. The van der Waals surface area contributed by atoms with Gasteiger partial charge in [0.25, 0.3) is 5.56 Å². The molecule has 2 aromatic carbocycles. The zero-order chi connectivity index (χ0) is 21.5. The van der Waals surface area contributed by atoms with Gasteiger partial charge in [0.15, 0.2) is 0 Å². The van der Waals surface area contributed by atoms with E-state index in [-0.39, 0.29) is 11.4 Å². The minimum atomic E-state index is -0.320. The van der Waals surface area contributed by atoms with Crippen LogP contribution in [0.1, 0.15) is 11.3 Å². The Kier molecular flexibility index (Phi) is 4.30. The summed E-state index contributed by atoms with van der Waals surface area (Å²) < 4.78 is 15.4. The largest absolute Gasteiger partial charge is 0.276 e. The van der Waals surface area contributed by atoms with Crippen LogP contribution in [0.3, 0.4) is 0 Å². The summed E-state index contributed by atoms with van der Waals surface area (Å²) >= 11 is 0. The standard InChI is InChI=1S/C25H15FN4O/c1-15-10-20(6-7-22(15)26)30-24(31)9-4-18-14-29-23-8-3-16(11-21(23)25(18)30)17-2-5-19(12-27)28-13-17/h2-11,13-14H,1H3. The molecule has 0 bridgehead atoms. The number of benzene rings is 2. The van der Waals surface area contributed by atoms with Gasteiger partial charge in [0.2, 0.25) is 0 Å². The van der Waals surface area contributed by atoms with Gasteiger partial charge >= 0.3 is 0 Å². The van der Waals surface area contributed by atoms with E-state index in [1.165, 1.54) is 12.1 Å². The van der Waals surface area contributed by atoms with E-state index >= 15 is 0 Å². The zero-order valence-corrected chi connectivity index (χ0v) is 16.5. The molecular weight excluding hydrogens is 391 g/mol. The lowest BCUT2D eigenvalue weighted by Gasteiger charge is -2.14. The lowest BCUT2D eigenvalue weighted by atomic mass is 10.0. The number of hydrogen-bond acceptors (Lipinski definition) is 4. The molecule has 3 aromatic heterocycles. The predicted octanol–water partition coefficient (Wildman–Crippen LogP) is 4.92. The zero-order valence-electron chi connectivity index (χ0n) is 16.5. The summed E-state index contributed by atoms with van der Waals surface area (Å²) in [5, 5.41) is 10.6. The van der Waals surface area contributed by atoms with Gasteiger partial charge in [0.1, 0.15) is 17.6 Å². The van der Waals surface area contributed by atoms with Crippen LogP contribution in [0.15, 0.2) is 77.9 Å². The molecule has 0 unspecified atom stereocenters. The van der Waals surface area contributed by atoms with Gasteiger partial charge in [-0.15, -0.1) is 0 Å².